The quantitative estimate of drug-likeness (QED) is 0.468. The number of likely N-dealkylation sites (tertiary alicyclic amines) is 1. The van der Waals surface area contributed by atoms with Gasteiger partial charge in [-0.2, -0.15) is 0 Å². The van der Waals surface area contributed by atoms with Crippen molar-refractivity contribution >= 4 is 33.7 Å². The molecule has 3 heterocycles. The number of carboxylic acids is 1. The van der Waals surface area contributed by atoms with E-state index in [1.807, 2.05) is 48.9 Å². The van der Waals surface area contributed by atoms with Crippen molar-refractivity contribution < 1.29 is 24.2 Å². The first-order valence-corrected chi connectivity index (χ1v) is 15.1. The van der Waals surface area contributed by atoms with E-state index in [1.54, 1.807) is 4.68 Å². The third-order valence-electron chi connectivity index (χ3n) is 8.68. The summed E-state index contributed by atoms with van der Waals surface area (Å²) in [5, 5.41) is 18.3. The minimum Gasteiger partial charge on any atom is -0.487 e. The lowest BCUT2D eigenvalue weighted by Gasteiger charge is -2.43. The number of hydrogen-bond acceptors (Lipinski definition) is 6. The topological polar surface area (TPSA) is 118 Å². The van der Waals surface area contributed by atoms with Gasteiger partial charge in [0, 0.05) is 41.6 Å². The first kappa shape index (κ1) is 28.6. The second-order valence-electron chi connectivity index (χ2n) is 11.6. The van der Waals surface area contributed by atoms with Gasteiger partial charge >= 0.3 is 5.97 Å². The molecule has 5 rings (SSSR count). The Morgan fingerprint density at radius 2 is 1.90 bits per heavy atom. The molecule has 1 aliphatic carbocycles. The van der Waals surface area contributed by atoms with Crippen LogP contribution in [0.3, 0.4) is 0 Å². The van der Waals surface area contributed by atoms with E-state index in [0.29, 0.717) is 50.3 Å². The highest BCUT2D eigenvalue weighted by Gasteiger charge is 2.44. The van der Waals surface area contributed by atoms with E-state index in [9.17, 15) is 19.5 Å². The number of amides is 2. The Morgan fingerprint density at radius 1 is 1.15 bits per heavy atom. The summed E-state index contributed by atoms with van der Waals surface area (Å²) in [7, 11) is 0. The lowest BCUT2D eigenvalue weighted by molar-refractivity contribution is -0.154. The van der Waals surface area contributed by atoms with E-state index in [0.717, 1.165) is 34.9 Å². The van der Waals surface area contributed by atoms with Crippen LogP contribution in [0.5, 0.6) is 5.75 Å². The van der Waals surface area contributed by atoms with Crippen LogP contribution in [0.1, 0.15) is 81.8 Å². The summed E-state index contributed by atoms with van der Waals surface area (Å²) in [6.45, 7) is 7.66. The molecule has 1 N–H and O–H groups in total. The zero-order valence-electron chi connectivity index (χ0n) is 23.4. The van der Waals surface area contributed by atoms with Gasteiger partial charge in [0.25, 0.3) is 0 Å². The number of aliphatic carboxylic acids is 1. The predicted octanol–water partition coefficient (Wildman–Crippen LogP) is 4.39. The SMILES string of the molecule is CC1CCN(C[C@@H]2c3c(OCc4cn(C(C)C)nn4)ccc(Br)c3CCN2C(=O)[C@@H]2CCCC[C@@H]2C(=O)O)C1=O. The van der Waals surface area contributed by atoms with Crippen LogP contribution in [0, 0.1) is 17.8 Å². The Balaban J connectivity index is 1.50. The molecule has 216 valence electrons. The van der Waals surface area contributed by atoms with Gasteiger partial charge in [0.2, 0.25) is 11.8 Å². The van der Waals surface area contributed by atoms with Gasteiger partial charge in [0.05, 0.1) is 24.1 Å². The molecule has 11 heteroatoms. The van der Waals surface area contributed by atoms with Crippen LogP contribution in [0.2, 0.25) is 0 Å². The highest BCUT2D eigenvalue weighted by Crippen LogP contribution is 2.43. The molecule has 0 bridgehead atoms. The van der Waals surface area contributed by atoms with E-state index in [4.69, 9.17) is 4.74 Å². The van der Waals surface area contributed by atoms with Gasteiger partial charge in [0.15, 0.2) is 0 Å². The maximum absolute atomic E-state index is 14.1. The largest absolute Gasteiger partial charge is 0.487 e. The molecule has 2 aromatic rings. The smallest absolute Gasteiger partial charge is 0.307 e. The van der Waals surface area contributed by atoms with Crippen molar-refractivity contribution in [1.82, 2.24) is 24.8 Å². The molecule has 10 nitrogen and oxygen atoms in total. The molecule has 1 aromatic heterocycles. The molecule has 3 aliphatic rings. The van der Waals surface area contributed by atoms with Crippen molar-refractivity contribution in [3.05, 3.63) is 39.6 Å². The Kier molecular flexibility index (Phi) is 8.49. The first-order valence-electron chi connectivity index (χ1n) is 14.3. The third kappa shape index (κ3) is 5.62. The molecule has 1 aromatic carbocycles. The number of carbonyl (C=O) groups excluding carboxylic acids is 2. The van der Waals surface area contributed by atoms with Gasteiger partial charge in [-0.05, 0) is 57.2 Å². The molecular formula is C29H38BrN5O5. The summed E-state index contributed by atoms with van der Waals surface area (Å²) in [6, 6.07) is 3.59. The molecule has 40 heavy (non-hydrogen) atoms. The normalized spacial score (nSPS) is 24.9. The molecule has 0 spiro atoms. The van der Waals surface area contributed by atoms with Crippen LogP contribution in [-0.2, 0) is 27.4 Å². The van der Waals surface area contributed by atoms with Crippen molar-refractivity contribution in [3.8, 4) is 5.75 Å². The first-order chi connectivity index (χ1) is 19.2. The number of hydrogen-bond donors (Lipinski definition) is 1. The van der Waals surface area contributed by atoms with Crippen LogP contribution >= 0.6 is 15.9 Å². The molecule has 4 atom stereocenters. The minimum absolute atomic E-state index is 0.0521. The maximum Gasteiger partial charge on any atom is 0.307 e. The Labute approximate surface area is 243 Å². The van der Waals surface area contributed by atoms with E-state index >= 15 is 0 Å². The summed E-state index contributed by atoms with van der Waals surface area (Å²) >= 11 is 3.71. The summed E-state index contributed by atoms with van der Waals surface area (Å²) in [6.07, 6.45) is 5.99. The lowest BCUT2D eigenvalue weighted by atomic mass is 9.77. The van der Waals surface area contributed by atoms with Gasteiger partial charge in [-0.3, -0.25) is 14.4 Å². The minimum atomic E-state index is -0.906. The van der Waals surface area contributed by atoms with Crippen LogP contribution in [0.15, 0.2) is 22.8 Å². The van der Waals surface area contributed by atoms with Crippen molar-refractivity contribution in [3.63, 3.8) is 0 Å². The number of rotatable bonds is 8. The van der Waals surface area contributed by atoms with Crippen molar-refractivity contribution in [2.24, 2.45) is 17.8 Å². The average Bonchev–Trinajstić information content (AvgIpc) is 3.55. The molecule has 1 saturated heterocycles. The number of benzene rings is 1. The van der Waals surface area contributed by atoms with Gasteiger partial charge in [0.1, 0.15) is 18.1 Å². The second-order valence-corrected chi connectivity index (χ2v) is 12.5. The van der Waals surface area contributed by atoms with Gasteiger partial charge in [-0.25, -0.2) is 4.68 Å². The lowest BCUT2D eigenvalue weighted by Crippen LogP contribution is -2.50. The van der Waals surface area contributed by atoms with E-state index in [-0.39, 0.29) is 30.4 Å². The molecule has 2 fully saturated rings. The van der Waals surface area contributed by atoms with Crippen LogP contribution < -0.4 is 4.74 Å². The molecule has 1 saturated carbocycles. The molecule has 2 aliphatic heterocycles. The number of carboxylic acid groups (broad SMARTS) is 1. The van der Waals surface area contributed by atoms with E-state index < -0.39 is 23.8 Å². The number of fused-ring (bicyclic) bond motifs is 1. The summed E-state index contributed by atoms with van der Waals surface area (Å²) in [5.41, 5.74) is 2.62. The Bertz CT molecular complexity index is 1280. The fourth-order valence-electron chi connectivity index (χ4n) is 6.36. The van der Waals surface area contributed by atoms with Gasteiger partial charge in [-0.15, -0.1) is 5.10 Å². The second kappa shape index (κ2) is 11.9. The standard InChI is InChI=1S/C29H38BrN5O5/c1-17(2)35-14-19(31-32-35)16-40-25-9-8-23(30)22-11-13-34(28(37)20-6-4-5-7-21(20)29(38)39)24(26(22)25)15-33-12-10-18(3)27(33)36/h8-9,14,17-18,20-21,24H,4-7,10-13,15-16H2,1-3H3,(H,38,39)/t18?,20-,21+,24-/m1/s1. The number of carbonyl (C=O) groups is 3. The highest BCUT2D eigenvalue weighted by atomic mass is 79.9. The van der Waals surface area contributed by atoms with E-state index in [1.165, 1.54) is 0 Å². The number of nitrogens with zero attached hydrogens (tertiary/aromatic N) is 5. The third-order valence-corrected chi connectivity index (χ3v) is 9.42. The van der Waals surface area contributed by atoms with Gasteiger partial charge < -0.3 is 19.6 Å². The molecular weight excluding hydrogens is 578 g/mol. The summed E-state index contributed by atoms with van der Waals surface area (Å²) in [5.74, 6) is -1.61. The average molecular weight is 617 g/mol. The number of halogens is 1. The summed E-state index contributed by atoms with van der Waals surface area (Å²) < 4.78 is 9.05. The Morgan fingerprint density at radius 3 is 2.55 bits per heavy atom. The highest BCUT2D eigenvalue weighted by molar-refractivity contribution is 9.10. The Hall–Kier alpha value is -2.95. The molecule has 1 unspecified atom stereocenters. The van der Waals surface area contributed by atoms with Crippen LogP contribution in [-0.4, -0.2) is 67.3 Å². The predicted molar refractivity (Wildman–Crippen MR) is 150 cm³/mol. The zero-order chi connectivity index (χ0) is 28.6. The van der Waals surface area contributed by atoms with Gasteiger partial charge in [-0.1, -0.05) is 40.9 Å². The summed E-state index contributed by atoms with van der Waals surface area (Å²) in [4.78, 5) is 42.9. The molecule has 0 radical (unpaired) electrons. The fourth-order valence-corrected chi connectivity index (χ4v) is 6.91. The van der Waals surface area contributed by atoms with Crippen molar-refractivity contribution in [1.29, 1.82) is 0 Å². The number of aromatic nitrogens is 3. The number of ether oxygens (including phenoxy) is 1. The van der Waals surface area contributed by atoms with E-state index in [2.05, 4.69) is 26.2 Å². The maximum atomic E-state index is 14.1. The van der Waals surface area contributed by atoms with Crippen molar-refractivity contribution in [2.45, 2.75) is 78.0 Å². The van der Waals surface area contributed by atoms with Crippen LogP contribution in [0.4, 0.5) is 0 Å². The zero-order valence-corrected chi connectivity index (χ0v) is 25.0. The molecule has 2 amide bonds. The fraction of sp³-hybridized carbons (Fsp3) is 0.621. The monoisotopic (exact) mass is 615 g/mol. The van der Waals surface area contributed by atoms with Crippen molar-refractivity contribution in [2.75, 3.05) is 19.6 Å². The van der Waals surface area contributed by atoms with Crippen LogP contribution in [0.25, 0.3) is 0 Å².